The second kappa shape index (κ2) is 7.28. The van der Waals surface area contributed by atoms with Crippen LogP contribution in [0.3, 0.4) is 0 Å². The van der Waals surface area contributed by atoms with Crippen LogP contribution in [0.4, 0.5) is 11.4 Å². The Balaban J connectivity index is 1.89. The minimum Gasteiger partial charge on any atom is -0.496 e. The lowest BCUT2D eigenvalue weighted by atomic mass is 10.1. The lowest BCUT2D eigenvalue weighted by molar-refractivity contribution is -0.129. The van der Waals surface area contributed by atoms with Crippen LogP contribution in [0.25, 0.3) is 0 Å². The highest BCUT2D eigenvalue weighted by atomic mass is 79.9. The van der Waals surface area contributed by atoms with E-state index in [1.807, 2.05) is 24.3 Å². The topological polar surface area (TPSA) is 68.8 Å². The predicted octanol–water partition coefficient (Wildman–Crippen LogP) is 4.70. The fourth-order valence-corrected chi connectivity index (χ4v) is 3.75. The first-order valence-corrected chi connectivity index (χ1v) is 9.44. The number of hydrogen-bond acceptors (Lipinski definition) is 6. The summed E-state index contributed by atoms with van der Waals surface area (Å²) < 4.78 is 20.9. The quantitative estimate of drug-likeness (QED) is 0.659. The van der Waals surface area contributed by atoms with Gasteiger partial charge < -0.3 is 24.2 Å². The molecule has 0 aliphatic carbocycles. The van der Waals surface area contributed by atoms with E-state index in [1.165, 1.54) is 11.9 Å². The minimum absolute atomic E-state index is 0.194. The molecule has 0 bridgehead atoms. The number of anilines is 2. The maximum absolute atomic E-state index is 12.1. The molecule has 26 heavy (non-hydrogen) atoms. The maximum atomic E-state index is 12.1. The molecule has 0 atom stereocenters. The van der Waals surface area contributed by atoms with Gasteiger partial charge in [0.1, 0.15) is 17.2 Å². The van der Waals surface area contributed by atoms with Gasteiger partial charge in [-0.25, -0.2) is 0 Å². The number of carbonyl (C=O) groups is 1. The summed E-state index contributed by atoms with van der Waals surface area (Å²) in [5.74, 6) is 1.74. The number of amides is 1. The van der Waals surface area contributed by atoms with E-state index >= 15 is 0 Å². The van der Waals surface area contributed by atoms with Crippen molar-refractivity contribution < 1.29 is 19.0 Å². The molecule has 6 nitrogen and oxygen atoms in total. The Hall–Kier alpha value is -2.06. The molecule has 2 N–H and O–H groups in total. The van der Waals surface area contributed by atoms with Gasteiger partial charge in [0.15, 0.2) is 5.60 Å². The number of rotatable bonds is 5. The van der Waals surface area contributed by atoms with E-state index in [4.69, 9.17) is 14.2 Å². The van der Waals surface area contributed by atoms with Crippen LogP contribution in [0.2, 0.25) is 0 Å². The zero-order chi connectivity index (χ0) is 18.9. The predicted molar refractivity (Wildman–Crippen MR) is 107 cm³/mol. The Bertz CT molecular complexity index is 857. The van der Waals surface area contributed by atoms with Gasteiger partial charge in [0.05, 0.1) is 30.5 Å². The highest BCUT2D eigenvalue weighted by Crippen LogP contribution is 2.43. The van der Waals surface area contributed by atoms with Crippen molar-refractivity contribution in [2.45, 2.75) is 24.3 Å². The van der Waals surface area contributed by atoms with Crippen molar-refractivity contribution in [2.24, 2.45) is 0 Å². The zero-order valence-electron chi connectivity index (χ0n) is 14.8. The summed E-state index contributed by atoms with van der Waals surface area (Å²) in [5, 5.41) is 2.85. The van der Waals surface area contributed by atoms with Gasteiger partial charge in [0.25, 0.3) is 5.91 Å². The highest BCUT2D eigenvalue weighted by molar-refractivity contribution is 9.10. The lowest BCUT2D eigenvalue weighted by Gasteiger charge is -2.32. The number of ether oxygens (including phenoxy) is 3. The monoisotopic (exact) mass is 438 g/mol. The summed E-state index contributed by atoms with van der Waals surface area (Å²) in [6.45, 7) is 3.45. The lowest BCUT2D eigenvalue weighted by Crippen LogP contribution is -2.45. The Morgan fingerprint density at radius 2 is 1.88 bits per heavy atom. The largest absolute Gasteiger partial charge is 0.496 e. The molecule has 2 aromatic carbocycles. The molecule has 8 heteroatoms. The molecule has 2 aromatic rings. The molecular formula is C18H19BrN2O4S. The molecule has 0 fully saturated rings. The third-order valence-electron chi connectivity index (χ3n) is 3.86. The number of hydrogen-bond donors (Lipinski definition) is 2. The van der Waals surface area contributed by atoms with Crippen LogP contribution in [0.1, 0.15) is 13.8 Å². The molecule has 0 spiro atoms. The summed E-state index contributed by atoms with van der Waals surface area (Å²) in [6, 6.07) is 9.32. The van der Waals surface area contributed by atoms with Crippen molar-refractivity contribution in [1.82, 2.24) is 0 Å². The molecule has 0 unspecified atom stereocenters. The average Bonchev–Trinajstić information content (AvgIpc) is 2.60. The number of fused-ring (bicyclic) bond motifs is 1. The SMILES string of the molecule is COc1cc2c(cc1NSc1cc(Br)ccc1OC)OC(C)(C)C(=O)N2. The summed E-state index contributed by atoms with van der Waals surface area (Å²) in [7, 11) is 3.21. The van der Waals surface area contributed by atoms with Gasteiger partial charge in [-0.1, -0.05) is 15.9 Å². The Kier molecular flexibility index (Phi) is 5.24. The normalized spacial score (nSPS) is 14.7. The van der Waals surface area contributed by atoms with Gasteiger partial charge in [0, 0.05) is 16.6 Å². The Labute approximate surface area is 164 Å². The molecule has 1 amide bonds. The van der Waals surface area contributed by atoms with Gasteiger partial charge in [0.2, 0.25) is 0 Å². The summed E-state index contributed by atoms with van der Waals surface area (Å²) in [6.07, 6.45) is 0. The molecule has 138 valence electrons. The van der Waals surface area contributed by atoms with E-state index < -0.39 is 5.60 Å². The van der Waals surface area contributed by atoms with Gasteiger partial charge in [-0.05, 0) is 44.0 Å². The van der Waals surface area contributed by atoms with E-state index in [-0.39, 0.29) is 5.91 Å². The molecule has 0 saturated carbocycles. The number of nitrogens with one attached hydrogen (secondary N) is 2. The van der Waals surface area contributed by atoms with E-state index in [0.29, 0.717) is 17.2 Å². The third-order valence-corrected chi connectivity index (χ3v) is 5.21. The van der Waals surface area contributed by atoms with Crippen LogP contribution in [0, 0.1) is 0 Å². The highest BCUT2D eigenvalue weighted by Gasteiger charge is 2.36. The number of halogens is 1. The first kappa shape index (κ1) is 18.7. The summed E-state index contributed by atoms with van der Waals surface area (Å²) in [5.41, 5.74) is 0.381. The van der Waals surface area contributed by atoms with Crippen molar-refractivity contribution in [3.63, 3.8) is 0 Å². The van der Waals surface area contributed by atoms with Crippen molar-refractivity contribution in [2.75, 3.05) is 24.3 Å². The zero-order valence-corrected chi connectivity index (χ0v) is 17.2. The van der Waals surface area contributed by atoms with Gasteiger partial charge in [-0.2, -0.15) is 0 Å². The van der Waals surface area contributed by atoms with Crippen LogP contribution < -0.4 is 24.2 Å². The number of methoxy groups -OCH3 is 2. The Morgan fingerprint density at radius 1 is 1.15 bits per heavy atom. The van der Waals surface area contributed by atoms with E-state index in [9.17, 15) is 4.79 Å². The summed E-state index contributed by atoms with van der Waals surface area (Å²) >= 11 is 4.86. The number of carbonyl (C=O) groups excluding carboxylic acids is 1. The minimum atomic E-state index is -0.931. The standard InChI is InChI=1S/C18H19BrN2O4S/c1-18(2)17(22)20-11-8-14(24-4)12(9-15(11)25-18)21-26-16-7-10(19)5-6-13(16)23-3/h5-9,21H,1-4H3,(H,20,22). The molecule has 1 heterocycles. The average molecular weight is 439 g/mol. The van der Waals surface area contributed by atoms with Crippen LogP contribution in [-0.2, 0) is 4.79 Å². The Morgan fingerprint density at radius 3 is 2.58 bits per heavy atom. The van der Waals surface area contributed by atoms with Crippen molar-refractivity contribution in [3.8, 4) is 17.2 Å². The van der Waals surface area contributed by atoms with E-state index in [1.54, 1.807) is 34.1 Å². The smallest absolute Gasteiger partial charge is 0.268 e. The van der Waals surface area contributed by atoms with Crippen LogP contribution in [-0.4, -0.2) is 25.7 Å². The fraction of sp³-hybridized carbons (Fsp3) is 0.278. The van der Waals surface area contributed by atoms with Gasteiger partial charge in [-0.3, -0.25) is 4.79 Å². The van der Waals surface area contributed by atoms with Crippen LogP contribution >= 0.6 is 27.9 Å². The molecule has 3 rings (SSSR count). The molecule has 1 aliphatic rings. The van der Waals surface area contributed by atoms with E-state index in [0.717, 1.165) is 20.8 Å². The first-order chi connectivity index (χ1) is 12.3. The molecule has 1 aliphatic heterocycles. The van der Waals surface area contributed by atoms with E-state index in [2.05, 4.69) is 26.0 Å². The second-order valence-electron chi connectivity index (χ2n) is 6.11. The summed E-state index contributed by atoms with van der Waals surface area (Å²) in [4.78, 5) is 13.0. The number of benzene rings is 2. The second-order valence-corrected chi connectivity index (χ2v) is 7.88. The van der Waals surface area contributed by atoms with Crippen molar-refractivity contribution >= 4 is 45.2 Å². The molecule has 0 radical (unpaired) electrons. The molecule has 0 aromatic heterocycles. The van der Waals surface area contributed by atoms with Gasteiger partial charge in [-0.15, -0.1) is 0 Å². The van der Waals surface area contributed by atoms with Crippen molar-refractivity contribution in [3.05, 3.63) is 34.8 Å². The van der Waals surface area contributed by atoms with Gasteiger partial charge >= 0.3 is 0 Å². The van der Waals surface area contributed by atoms with Crippen molar-refractivity contribution in [1.29, 1.82) is 0 Å². The fourth-order valence-electron chi connectivity index (χ4n) is 2.43. The third kappa shape index (κ3) is 3.71. The molecular weight excluding hydrogens is 420 g/mol. The maximum Gasteiger partial charge on any atom is 0.268 e. The molecule has 0 saturated heterocycles. The first-order valence-electron chi connectivity index (χ1n) is 7.83. The van der Waals surface area contributed by atoms with Crippen LogP contribution in [0.15, 0.2) is 39.7 Å². The van der Waals surface area contributed by atoms with Crippen LogP contribution in [0.5, 0.6) is 17.2 Å².